The maximum absolute atomic E-state index is 13.8. The van der Waals surface area contributed by atoms with Gasteiger partial charge in [0.2, 0.25) is 0 Å². The molecule has 2 aromatic heterocycles. The molecule has 3 rings (SSSR count). The van der Waals surface area contributed by atoms with Crippen molar-refractivity contribution in [3.63, 3.8) is 0 Å². The highest BCUT2D eigenvalue weighted by Gasteiger charge is 2.09. The molecule has 0 aliphatic rings. The number of benzene rings is 1. The van der Waals surface area contributed by atoms with Crippen LogP contribution in [0, 0.1) is 5.82 Å². The van der Waals surface area contributed by atoms with Crippen LogP contribution in [0.1, 0.15) is 0 Å². The molecule has 0 saturated carbocycles. The molecule has 0 unspecified atom stereocenters. The van der Waals surface area contributed by atoms with Gasteiger partial charge in [0.1, 0.15) is 5.82 Å². The summed E-state index contributed by atoms with van der Waals surface area (Å²) < 4.78 is 16.3. The van der Waals surface area contributed by atoms with Crippen LogP contribution in [-0.2, 0) is 0 Å². The molecule has 0 aliphatic heterocycles. The van der Waals surface area contributed by atoms with E-state index < -0.39 is 0 Å². The topological polar surface area (TPSA) is 30.2 Å². The van der Waals surface area contributed by atoms with E-state index in [2.05, 4.69) is 25.9 Å². The van der Waals surface area contributed by atoms with Gasteiger partial charge in [-0.15, -0.1) is 0 Å². The molecule has 0 atom stereocenters. The van der Waals surface area contributed by atoms with E-state index in [1.165, 1.54) is 6.07 Å². The van der Waals surface area contributed by atoms with Crippen molar-refractivity contribution in [3.05, 3.63) is 53.3 Å². The first kappa shape index (κ1) is 10.4. The monoisotopic (exact) mass is 291 g/mol. The molecule has 0 bridgehead atoms. The summed E-state index contributed by atoms with van der Waals surface area (Å²) in [6.07, 6.45) is 6.86. The predicted molar refractivity (Wildman–Crippen MR) is 66.1 cm³/mol. The Labute approximate surface area is 105 Å². The van der Waals surface area contributed by atoms with Gasteiger partial charge in [-0.1, -0.05) is 15.9 Å². The fourth-order valence-electron chi connectivity index (χ4n) is 1.67. The molecule has 3 aromatic rings. The molecular formula is C12H7BrFN3. The number of imidazole rings is 1. The summed E-state index contributed by atoms with van der Waals surface area (Å²) >= 11 is 3.23. The van der Waals surface area contributed by atoms with Gasteiger partial charge in [-0.2, -0.15) is 0 Å². The quantitative estimate of drug-likeness (QED) is 0.689. The molecule has 0 saturated heterocycles. The predicted octanol–water partition coefficient (Wildman–Crippen LogP) is 3.30. The van der Waals surface area contributed by atoms with E-state index >= 15 is 0 Å². The molecule has 2 heterocycles. The number of hydrogen-bond acceptors (Lipinski definition) is 2. The first-order valence-corrected chi connectivity index (χ1v) is 5.77. The minimum atomic E-state index is -0.296. The van der Waals surface area contributed by atoms with Crippen molar-refractivity contribution < 1.29 is 4.39 Å². The van der Waals surface area contributed by atoms with Gasteiger partial charge in [-0.05, 0) is 18.2 Å². The fraction of sp³-hybridized carbons (Fsp3) is 0. The van der Waals surface area contributed by atoms with Gasteiger partial charge in [0.05, 0.1) is 11.9 Å². The summed E-state index contributed by atoms with van der Waals surface area (Å²) in [6.45, 7) is 0. The second-order valence-electron chi connectivity index (χ2n) is 3.59. The number of rotatable bonds is 1. The SMILES string of the molecule is Fc1cc(Br)ccc1-c1cn2ccncc2n1. The maximum Gasteiger partial charge on any atom is 0.155 e. The van der Waals surface area contributed by atoms with Crippen LogP contribution < -0.4 is 0 Å². The molecule has 5 heteroatoms. The average Bonchev–Trinajstić information content (AvgIpc) is 2.72. The number of fused-ring (bicyclic) bond motifs is 1. The lowest BCUT2D eigenvalue weighted by Gasteiger charge is -1.98. The molecule has 3 nitrogen and oxygen atoms in total. The Balaban J connectivity index is 2.20. The molecule has 0 spiro atoms. The van der Waals surface area contributed by atoms with E-state index in [0.717, 1.165) is 0 Å². The van der Waals surface area contributed by atoms with Crippen LogP contribution in [0.5, 0.6) is 0 Å². The van der Waals surface area contributed by atoms with Crippen molar-refractivity contribution in [2.24, 2.45) is 0 Å². The van der Waals surface area contributed by atoms with E-state index in [9.17, 15) is 4.39 Å². The lowest BCUT2D eigenvalue weighted by atomic mass is 10.1. The Kier molecular flexibility index (Phi) is 2.40. The van der Waals surface area contributed by atoms with Crippen molar-refractivity contribution in [1.82, 2.24) is 14.4 Å². The fourth-order valence-corrected chi connectivity index (χ4v) is 2.00. The standard InChI is InChI=1S/C12H7BrFN3/c13-8-1-2-9(10(14)5-8)11-7-17-4-3-15-6-12(17)16-11/h1-7H. The second kappa shape index (κ2) is 3.92. The van der Waals surface area contributed by atoms with Crippen LogP contribution in [0.15, 0.2) is 47.5 Å². The third-order valence-electron chi connectivity index (χ3n) is 2.47. The summed E-state index contributed by atoms with van der Waals surface area (Å²) in [4.78, 5) is 8.29. The van der Waals surface area contributed by atoms with Gasteiger partial charge in [-0.3, -0.25) is 4.98 Å². The lowest BCUT2D eigenvalue weighted by Crippen LogP contribution is -1.83. The van der Waals surface area contributed by atoms with Crippen molar-refractivity contribution >= 4 is 21.6 Å². The first-order chi connectivity index (χ1) is 8.24. The van der Waals surface area contributed by atoms with E-state index in [1.54, 1.807) is 36.9 Å². The van der Waals surface area contributed by atoms with Crippen LogP contribution in [0.2, 0.25) is 0 Å². The van der Waals surface area contributed by atoms with E-state index in [-0.39, 0.29) is 5.82 Å². The largest absolute Gasteiger partial charge is 0.304 e. The number of halogens is 2. The Hall–Kier alpha value is -1.75. The molecule has 17 heavy (non-hydrogen) atoms. The van der Waals surface area contributed by atoms with Crippen LogP contribution >= 0.6 is 15.9 Å². The summed E-state index contributed by atoms with van der Waals surface area (Å²) in [5, 5.41) is 0. The Morgan fingerprint density at radius 3 is 2.94 bits per heavy atom. The highest BCUT2D eigenvalue weighted by molar-refractivity contribution is 9.10. The van der Waals surface area contributed by atoms with Gasteiger partial charge in [0, 0.05) is 28.6 Å². The lowest BCUT2D eigenvalue weighted by molar-refractivity contribution is 0.630. The summed E-state index contributed by atoms with van der Waals surface area (Å²) in [7, 11) is 0. The zero-order valence-electron chi connectivity index (χ0n) is 8.64. The summed E-state index contributed by atoms with van der Waals surface area (Å²) in [6, 6.07) is 4.92. The molecule has 0 fully saturated rings. The smallest absolute Gasteiger partial charge is 0.155 e. The van der Waals surface area contributed by atoms with Crippen LogP contribution in [0.4, 0.5) is 4.39 Å². The molecule has 1 aromatic carbocycles. The second-order valence-corrected chi connectivity index (χ2v) is 4.51. The van der Waals surface area contributed by atoms with Crippen molar-refractivity contribution in [1.29, 1.82) is 0 Å². The number of aromatic nitrogens is 3. The van der Waals surface area contributed by atoms with Gasteiger partial charge < -0.3 is 4.40 Å². The summed E-state index contributed by atoms with van der Waals surface area (Å²) in [5.74, 6) is -0.296. The van der Waals surface area contributed by atoms with Crippen molar-refractivity contribution in [2.75, 3.05) is 0 Å². The Morgan fingerprint density at radius 2 is 2.18 bits per heavy atom. The molecule has 0 aliphatic carbocycles. The molecular weight excluding hydrogens is 285 g/mol. The summed E-state index contributed by atoms with van der Waals surface area (Å²) in [5.41, 5.74) is 1.78. The van der Waals surface area contributed by atoms with Crippen LogP contribution in [0.25, 0.3) is 16.9 Å². The Bertz CT molecular complexity index is 660. The highest BCUT2D eigenvalue weighted by Crippen LogP contribution is 2.24. The van der Waals surface area contributed by atoms with Crippen molar-refractivity contribution in [2.45, 2.75) is 0 Å². The molecule has 0 N–H and O–H groups in total. The highest BCUT2D eigenvalue weighted by atomic mass is 79.9. The van der Waals surface area contributed by atoms with Gasteiger partial charge >= 0.3 is 0 Å². The molecule has 0 radical (unpaired) electrons. The van der Waals surface area contributed by atoms with E-state index in [4.69, 9.17) is 0 Å². The normalized spacial score (nSPS) is 10.9. The van der Waals surface area contributed by atoms with Crippen LogP contribution in [0.3, 0.4) is 0 Å². The Morgan fingerprint density at radius 1 is 1.29 bits per heavy atom. The molecule has 84 valence electrons. The zero-order chi connectivity index (χ0) is 11.8. The van der Waals surface area contributed by atoms with Crippen molar-refractivity contribution in [3.8, 4) is 11.3 Å². The maximum atomic E-state index is 13.8. The van der Waals surface area contributed by atoms with E-state index in [1.807, 2.05) is 4.40 Å². The third kappa shape index (κ3) is 1.82. The molecule has 0 amide bonds. The minimum absolute atomic E-state index is 0.296. The third-order valence-corrected chi connectivity index (χ3v) is 2.96. The first-order valence-electron chi connectivity index (χ1n) is 4.98. The minimum Gasteiger partial charge on any atom is -0.304 e. The van der Waals surface area contributed by atoms with Gasteiger partial charge in [0.25, 0.3) is 0 Å². The van der Waals surface area contributed by atoms with E-state index in [0.29, 0.717) is 21.4 Å². The van der Waals surface area contributed by atoms with Gasteiger partial charge in [-0.25, -0.2) is 9.37 Å². The van der Waals surface area contributed by atoms with Gasteiger partial charge in [0.15, 0.2) is 5.65 Å². The number of nitrogens with zero attached hydrogens (tertiary/aromatic N) is 3. The van der Waals surface area contributed by atoms with Crippen LogP contribution in [-0.4, -0.2) is 14.4 Å². The number of hydrogen-bond donors (Lipinski definition) is 0. The average molecular weight is 292 g/mol. The zero-order valence-corrected chi connectivity index (χ0v) is 10.2.